The van der Waals surface area contributed by atoms with Crippen LogP contribution in [0.3, 0.4) is 0 Å². The SMILES string of the molecule is CC(C)(C)OC(=O)N1C[C@@H](CO)[C@@](C)(NC(=O)C(F)(F)F)C1. The van der Waals surface area contributed by atoms with E-state index in [2.05, 4.69) is 0 Å². The molecule has 2 N–H and O–H groups in total. The fraction of sp³-hybridized carbons (Fsp3) is 0.846. The van der Waals surface area contributed by atoms with Crippen LogP contribution < -0.4 is 5.32 Å². The average Bonchev–Trinajstić information content (AvgIpc) is 2.62. The summed E-state index contributed by atoms with van der Waals surface area (Å²) in [7, 11) is 0. The summed E-state index contributed by atoms with van der Waals surface area (Å²) in [5, 5.41) is 11.2. The number of aliphatic hydroxyl groups excluding tert-OH is 1. The lowest BCUT2D eigenvalue weighted by Crippen LogP contribution is -2.56. The van der Waals surface area contributed by atoms with Gasteiger partial charge in [0, 0.05) is 25.6 Å². The number of hydrogen-bond donors (Lipinski definition) is 2. The first-order valence-corrected chi connectivity index (χ1v) is 6.76. The highest BCUT2D eigenvalue weighted by atomic mass is 19.4. The maximum Gasteiger partial charge on any atom is 0.471 e. The van der Waals surface area contributed by atoms with Crippen molar-refractivity contribution >= 4 is 12.0 Å². The van der Waals surface area contributed by atoms with Crippen molar-refractivity contribution in [3.8, 4) is 0 Å². The predicted octanol–water partition coefficient (Wildman–Crippen LogP) is 1.28. The minimum Gasteiger partial charge on any atom is -0.444 e. The highest BCUT2D eigenvalue weighted by Crippen LogP contribution is 2.30. The first-order valence-electron chi connectivity index (χ1n) is 6.76. The summed E-state index contributed by atoms with van der Waals surface area (Å²) in [6.07, 6.45) is -5.72. The normalized spacial score (nSPS) is 26.0. The highest BCUT2D eigenvalue weighted by Gasteiger charge is 2.50. The Hall–Kier alpha value is -1.51. The maximum absolute atomic E-state index is 12.4. The molecule has 0 aromatic carbocycles. The fourth-order valence-electron chi connectivity index (χ4n) is 2.25. The van der Waals surface area contributed by atoms with Crippen molar-refractivity contribution < 1.29 is 32.6 Å². The molecule has 2 atom stereocenters. The number of carbonyl (C=O) groups is 2. The molecule has 0 aliphatic carbocycles. The molecule has 128 valence electrons. The van der Waals surface area contributed by atoms with Crippen LogP contribution in [0, 0.1) is 5.92 Å². The van der Waals surface area contributed by atoms with Crippen LogP contribution in [0.1, 0.15) is 27.7 Å². The lowest BCUT2D eigenvalue weighted by atomic mass is 9.89. The van der Waals surface area contributed by atoms with Crippen LogP contribution in [0.2, 0.25) is 0 Å². The number of hydrogen-bond acceptors (Lipinski definition) is 4. The van der Waals surface area contributed by atoms with Crippen LogP contribution in [0.15, 0.2) is 0 Å². The van der Waals surface area contributed by atoms with Crippen LogP contribution in [0.4, 0.5) is 18.0 Å². The zero-order valence-corrected chi connectivity index (χ0v) is 13.0. The van der Waals surface area contributed by atoms with Crippen molar-refractivity contribution in [2.75, 3.05) is 19.7 Å². The Morgan fingerprint density at radius 3 is 2.32 bits per heavy atom. The molecular weight excluding hydrogens is 305 g/mol. The van der Waals surface area contributed by atoms with Gasteiger partial charge < -0.3 is 20.1 Å². The standard InChI is InChI=1S/C13H21F3N2O4/c1-11(2,3)22-10(21)18-5-8(6-19)12(4,7-18)17-9(20)13(14,15)16/h8,19H,5-7H2,1-4H3,(H,17,20)/t8-,12-/m0/s1. The molecule has 0 saturated carbocycles. The van der Waals surface area contributed by atoms with Gasteiger partial charge in [0.15, 0.2) is 0 Å². The number of carbonyl (C=O) groups excluding carboxylic acids is 2. The number of halogens is 3. The van der Waals surface area contributed by atoms with Gasteiger partial charge in [-0.2, -0.15) is 13.2 Å². The molecule has 0 radical (unpaired) electrons. The van der Waals surface area contributed by atoms with E-state index in [4.69, 9.17) is 4.74 Å². The van der Waals surface area contributed by atoms with Gasteiger partial charge in [-0.1, -0.05) is 0 Å². The summed E-state index contributed by atoms with van der Waals surface area (Å²) in [6.45, 7) is 5.71. The summed E-state index contributed by atoms with van der Waals surface area (Å²) < 4.78 is 42.4. The van der Waals surface area contributed by atoms with E-state index in [0.29, 0.717) is 0 Å². The summed E-state index contributed by atoms with van der Waals surface area (Å²) in [5.74, 6) is -2.81. The van der Waals surface area contributed by atoms with Crippen LogP contribution in [0.25, 0.3) is 0 Å². The third-order valence-electron chi connectivity index (χ3n) is 3.39. The maximum atomic E-state index is 12.4. The van der Waals surface area contributed by atoms with E-state index < -0.39 is 41.8 Å². The highest BCUT2D eigenvalue weighted by molar-refractivity contribution is 5.82. The van der Waals surface area contributed by atoms with E-state index in [-0.39, 0.29) is 13.1 Å². The van der Waals surface area contributed by atoms with Crippen molar-refractivity contribution in [2.24, 2.45) is 5.92 Å². The van der Waals surface area contributed by atoms with E-state index in [0.717, 1.165) is 0 Å². The number of amides is 2. The predicted molar refractivity (Wildman–Crippen MR) is 71.0 cm³/mol. The lowest BCUT2D eigenvalue weighted by molar-refractivity contribution is -0.176. The van der Waals surface area contributed by atoms with Crippen LogP contribution in [0.5, 0.6) is 0 Å². The number of ether oxygens (including phenoxy) is 1. The zero-order chi connectivity index (χ0) is 17.3. The summed E-state index contributed by atoms with van der Waals surface area (Å²) in [6, 6.07) is 0. The molecule has 2 amide bonds. The summed E-state index contributed by atoms with van der Waals surface area (Å²) in [5.41, 5.74) is -2.13. The van der Waals surface area contributed by atoms with Gasteiger partial charge in [0.05, 0.1) is 5.54 Å². The molecule has 22 heavy (non-hydrogen) atoms. The Morgan fingerprint density at radius 1 is 1.36 bits per heavy atom. The van der Waals surface area contributed by atoms with Gasteiger partial charge in [-0.15, -0.1) is 0 Å². The van der Waals surface area contributed by atoms with Gasteiger partial charge in [0.1, 0.15) is 5.60 Å². The van der Waals surface area contributed by atoms with E-state index in [1.807, 2.05) is 5.32 Å². The summed E-state index contributed by atoms with van der Waals surface area (Å²) >= 11 is 0. The van der Waals surface area contributed by atoms with Gasteiger partial charge in [0.2, 0.25) is 0 Å². The molecule has 1 rings (SSSR count). The number of alkyl halides is 3. The van der Waals surface area contributed by atoms with Gasteiger partial charge in [0.25, 0.3) is 0 Å². The van der Waals surface area contributed by atoms with Crippen LogP contribution in [-0.2, 0) is 9.53 Å². The monoisotopic (exact) mass is 326 g/mol. The molecule has 1 heterocycles. The van der Waals surface area contributed by atoms with Crippen molar-refractivity contribution in [1.82, 2.24) is 10.2 Å². The second kappa shape index (κ2) is 5.94. The van der Waals surface area contributed by atoms with Gasteiger partial charge in [-0.3, -0.25) is 4.79 Å². The third kappa shape index (κ3) is 4.49. The number of aliphatic hydroxyl groups is 1. The second-order valence-electron chi connectivity index (χ2n) is 6.61. The Morgan fingerprint density at radius 2 is 1.91 bits per heavy atom. The van der Waals surface area contributed by atoms with E-state index in [1.165, 1.54) is 11.8 Å². The second-order valence-corrected chi connectivity index (χ2v) is 6.61. The van der Waals surface area contributed by atoms with Gasteiger partial charge in [-0.05, 0) is 27.7 Å². The molecule has 9 heteroatoms. The Balaban J connectivity index is 2.84. The minimum atomic E-state index is -5.03. The molecular formula is C13H21F3N2O4. The Labute approximate surface area is 126 Å². The van der Waals surface area contributed by atoms with Crippen molar-refractivity contribution in [1.29, 1.82) is 0 Å². The molecule has 0 aromatic heterocycles. The molecule has 0 aromatic rings. The molecule has 6 nitrogen and oxygen atoms in total. The van der Waals surface area contributed by atoms with Crippen LogP contribution >= 0.6 is 0 Å². The average molecular weight is 326 g/mol. The zero-order valence-electron chi connectivity index (χ0n) is 13.0. The van der Waals surface area contributed by atoms with E-state index in [1.54, 1.807) is 20.8 Å². The minimum absolute atomic E-state index is 0.0000501. The first kappa shape index (κ1) is 18.5. The molecule has 1 saturated heterocycles. The Bertz CT molecular complexity index is 448. The van der Waals surface area contributed by atoms with E-state index in [9.17, 15) is 27.9 Å². The third-order valence-corrected chi connectivity index (χ3v) is 3.39. The van der Waals surface area contributed by atoms with E-state index >= 15 is 0 Å². The summed E-state index contributed by atoms with van der Waals surface area (Å²) in [4.78, 5) is 24.3. The largest absolute Gasteiger partial charge is 0.471 e. The number of nitrogens with zero attached hydrogens (tertiary/aromatic N) is 1. The number of likely N-dealkylation sites (tertiary alicyclic amines) is 1. The smallest absolute Gasteiger partial charge is 0.444 e. The fourth-order valence-corrected chi connectivity index (χ4v) is 2.25. The van der Waals surface area contributed by atoms with Gasteiger partial charge in [-0.25, -0.2) is 4.79 Å². The first-order chi connectivity index (χ1) is 9.78. The number of nitrogens with one attached hydrogen (secondary N) is 1. The molecule has 1 fully saturated rings. The molecule has 0 bridgehead atoms. The molecule has 1 aliphatic rings. The lowest BCUT2D eigenvalue weighted by Gasteiger charge is -2.31. The topological polar surface area (TPSA) is 78.9 Å². The molecule has 1 aliphatic heterocycles. The van der Waals surface area contributed by atoms with Gasteiger partial charge >= 0.3 is 18.2 Å². The Kier molecular flexibility index (Phi) is 5.01. The van der Waals surface area contributed by atoms with Crippen LogP contribution in [-0.4, -0.2) is 59.0 Å². The van der Waals surface area contributed by atoms with Crippen molar-refractivity contribution in [2.45, 2.75) is 45.0 Å². The molecule has 0 spiro atoms. The number of rotatable bonds is 2. The van der Waals surface area contributed by atoms with Crippen molar-refractivity contribution in [3.05, 3.63) is 0 Å². The van der Waals surface area contributed by atoms with Crippen molar-refractivity contribution in [3.63, 3.8) is 0 Å². The molecule has 0 unspecified atom stereocenters. The quantitative estimate of drug-likeness (QED) is 0.801.